The van der Waals surface area contributed by atoms with Crippen LogP contribution >= 0.6 is 11.6 Å². The summed E-state index contributed by atoms with van der Waals surface area (Å²) >= 11 is 5.94. The van der Waals surface area contributed by atoms with Crippen molar-refractivity contribution in [3.63, 3.8) is 0 Å². The molecule has 1 fully saturated rings. The third-order valence-corrected chi connectivity index (χ3v) is 7.75. The quantitative estimate of drug-likeness (QED) is 0.502. The Kier molecular flexibility index (Phi) is 7.93. The van der Waals surface area contributed by atoms with Crippen molar-refractivity contribution in [2.45, 2.75) is 11.8 Å². The number of amides is 2. The number of nitrogens with one attached hydrogen (secondary N) is 1. The van der Waals surface area contributed by atoms with E-state index in [0.717, 1.165) is 9.87 Å². The highest BCUT2D eigenvalue weighted by Gasteiger charge is 2.28. The summed E-state index contributed by atoms with van der Waals surface area (Å²) in [5.41, 5.74) is 1.82. The summed E-state index contributed by atoms with van der Waals surface area (Å²) in [4.78, 5) is 27.9. The monoisotopic (exact) mass is 527 g/mol. The van der Waals surface area contributed by atoms with Crippen LogP contribution in [0.2, 0.25) is 5.02 Å². The molecular formula is C26H26ClN3O5S. The largest absolute Gasteiger partial charge is 0.378 e. The zero-order chi connectivity index (χ0) is 25.7. The van der Waals surface area contributed by atoms with Crippen LogP contribution in [0.5, 0.6) is 0 Å². The number of ether oxygens (including phenoxy) is 1. The number of carbonyl (C=O) groups excluding carboxylic acids is 2. The highest BCUT2D eigenvalue weighted by molar-refractivity contribution is 7.92. The van der Waals surface area contributed by atoms with Crippen LogP contribution in [0.25, 0.3) is 0 Å². The number of hydrogen-bond acceptors (Lipinski definition) is 5. The van der Waals surface area contributed by atoms with E-state index >= 15 is 0 Å². The Balaban J connectivity index is 1.61. The fraction of sp³-hybridized carbons (Fsp3) is 0.231. The molecule has 188 valence electrons. The number of hydrogen-bond donors (Lipinski definition) is 1. The second-order valence-electron chi connectivity index (χ2n) is 8.30. The lowest BCUT2D eigenvalue weighted by atomic mass is 10.1. The van der Waals surface area contributed by atoms with Gasteiger partial charge in [-0.25, -0.2) is 8.42 Å². The van der Waals surface area contributed by atoms with Gasteiger partial charge in [0.2, 0.25) is 5.91 Å². The lowest BCUT2D eigenvalue weighted by Gasteiger charge is -2.28. The van der Waals surface area contributed by atoms with E-state index in [2.05, 4.69) is 5.32 Å². The Bertz CT molecular complexity index is 1360. The Morgan fingerprint density at radius 2 is 1.69 bits per heavy atom. The molecule has 0 unspecified atom stereocenters. The molecule has 8 nitrogen and oxygen atoms in total. The molecular weight excluding hydrogens is 502 g/mol. The van der Waals surface area contributed by atoms with E-state index in [4.69, 9.17) is 16.3 Å². The normalized spacial score (nSPS) is 13.8. The minimum Gasteiger partial charge on any atom is -0.378 e. The van der Waals surface area contributed by atoms with E-state index in [1.165, 1.54) is 24.3 Å². The first-order chi connectivity index (χ1) is 17.3. The second-order valence-corrected chi connectivity index (χ2v) is 10.6. The SMILES string of the molecule is Cc1cccc(N(CC(=O)Nc2ccccc2C(=O)N2CCOCC2)S(=O)(=O)c2ccc(Cl)cc2)c1. The first-order valence-corrected chi connectivity index (χ1v) is 13.2. The van der Waals surface area contributed by atoms with Gasteiger partial charge in [0.05, 0.1) is 35.0 Å². The number of nitrogens with zero attached hydrogens (tertiary/aromatic N) is 2. The molecule has 1 N–H and O–H groups in total. The predicted molar refractivity (Wildman–Crippen MR) is 139 cm³/mol. The maximum Gasteiger partial charge on any atom is 0.264 e. The number of carbonyl (C=O) groups is 2. The van der Waals surface area contributed by atoms with E-state index < -0.39 is 22.5 Å². The molecule has 0 atom stereocenters. The zero-order valence-electron chi connectivity index (χ0n) is 19.7. The lowest BCUT2D eigenvalue weighted by molar-refractivity contribution is -0.114. The van der Waals surface area contributed by atoms with Gasteiger partial charge in [-0.15, -0.1) is 0 Å². The minimum atomic E-state index is -4.09. The van der Waals surface area contributed by atoms with Crippen LogP contribution in [0.1, 0.15) is 15.9 Å². The number of sulfonamides is 1. The average Bonchev–Trinajstić information content (AvgIpc) is 2.88. The molecule has 0 saturated carbocycles. The minimum absolute atomic E-state index is 0.00380. The molecule has 0 aromatic heterocycles. The van der Waals surface area contributed by atoms with Gasteiger partial charge in [-0.3, -0.25) is 13.9 Å². The first kappa shape index (κ1) is 25.7. The number of benzene rings is 3. The van der Waals surface area contributed by atoms with E-state index in [1.54, 1.807) is 47.4 Å². The topological polar surface area (TPSA) is 96.0 Å². The van der Waals surface area contributed by atoms with E-state index in [-0.39, 0.29) is 10.8 Å². The van der Waals surface area contributed by atoms with Gasteiger partial charge >= 0.3 is 0 Å². The third kappa shape index (κ3) is 5.87. The van der Waals surface area contributed by atoms with Crippen LogP contribution in [0, 0.1) is 6.92 Å². The van der Waals surface area contributed by atoms with Crippen LogP contribution in [0.3, 0.4) is 0 Å². The summed E-state index contributed by atoms with van der Waals surface area (Å²) in [5.74, 6) is -0.810. The molecule has 4 rings (SSSR count). The molecule has 0 spiro atoms. The molecule has 0 aliphatic carbocycles. The number of morpholine rings is 1. The third-order valence-electron chi connectivity index (χ3n) is 5.71. The summed E-state index contributed by atoms with van der Waals surface area (Å²) in [6.07, 6.45) is 0. The molecule has 0 bridgehead atoms. The maximum absolute atomic E-state index is 13.6. The molecule has 1 aliphatic heterocycles. The van der Waals surface area contributed by atoms with Gasteiger partial charge in [-0.1, -0.05) is 35.9 Å². The van der Waals surface area contributed by atoms with Crippen molar-refractivity contribution in [2.24, 2.45) is 0 Å². The molecule has 10 heteroatoms. The maximum atomic E-state index is 13.6. The van der Waals surface area contributed by atoms with Crippen molar-refractivity contribution in [3.8, 4) is 0 Å². The molecule has 0 radical (unpaired) electrons. The molecule has 3 aromatic carbocycles. The van der Waals surface area contributed by atoms with Crippen molar-refractivity contribution >= 4 is 44.8 Å². The van der Waals surface area contributed by atoms with Gasteiger partial charge in [0.15, 0.2) is 0 Å². The average molecular weight is 528 g/mol. The number of rotatable bonds is 7. The van der Waals surface area contributed by atoms with Gasteiger partial charge in [0.25, 0.3) is 15.9 Å². The van der Waals surface area contributed by atoms with Crippen molar-refractivity contribution in [3.05, 3.63) is 88.9 Å². The van der Waals surface area contributed by atoms with Gasteiger partial charge in [0.1, 0.15) is 6.54 Å². The molecule has 2 amide bonds. The van der Waals surface area contributed by atoms with Crippen LogP contribution in [-0.2, 0) is 19.6 Å². The number of anilines is 2. The molecule has 3 aromatic rings. The van der Waals surface area contributed by atoms with Crippen molar-refractivity contribution in [1.29, 1.82) is 0 Å². The molecule has 1 aliphatic rings. The summed E-state index contributed by atoms with van der Waals surface area (Å²) < 4.78 is 33.5. The number of halogens is 1. The fourth-order valence-electron chi connectivity index (χ4n) is 3.87. The van der Waals surface area contributed by atoms with Gasteiger partial charge in [-0.05, 0) is 61.0 Å². The second kappa shape index (κ2) is 11.1. The zero-order valence-corrected chi connectivity index (χ0v) is 21.3. The van der Waals surface area contributed by atoms with E-state index in [9.17, 15) is 18.0 Å². The first-order valence-electron chi connectivity index (χ1n) is 11.4. The van der Waals surface area contributed by atoms with Gasteiger partial charge in [0, 0.05) is 18.1 Å². The predicted octanol–water partition coefficient (Wildman–Crippen LogP) is 3.95. The lowest BCUT2D eigenvalue weighted by Crippen LogP contribution is -2.41. The summed E-state index contributed by atoms with van der Waals surface area (Å²) in [5, 5.41) is 3.13. The Morgan fingerprint density at radius 3 is 2.39 bits per heavy atom. The Morgan fingerprint density at radius 1 is 1.00 bits per heavy atom. The Labute approximate surface area is 215 Å². The highest BCUT2D eigenvalue weighted by Crippen LogP contribution is 2.26. The molecule has 1 heterocycles. The summed E-state index contributed by atoms with van der Waals surface area (Å²) in [6.45, 7) is 3.17. The van der Waals surface area contributed by atoms with Crippen LogP contribution in [0.15, 0.2) is 77.7 Å². The standard InChI is InChI=1S/C26H26ClN3O5S/c1-19-5-4-6-21(17-19)30(36(33,34)22-11-9-20(27)10-12-22)18-25(31)28-24-8-3-2-7-23(24)26(32)29-13-15-35-16-14-29/h2-12,17H,13-16,18H2,1H3,(H,28,31). The van der Waals surface area contributed by atoms with Gasteiger partial charge in [-0.2, -0.15) is 0 Å². The summed E-state index contributed by atoms with van der Waals surface area (Å²) in [7, 11) is -4.09. The van der Waals surface area contributed by atoms with Crippen molar-refractivity contribution in [2.75, 3.05) is 42.5 Å². The number of aryl methyl sites for hydroxylation is 1. The number of para-hydroxylation sites is 1. The van der Waals surface area contributed by atoms with Gasteiger partial charge < -0.3 is 15.0 Å². The van der Waals surface area contributed by atoms with Crippen LogP contribution in [0.4, 0.5) is 11.4 Å². The van der Waals surface area contributed by atoms with Crippen molar-refractivity contribution in [1.82, 2.24) is 4.90 Å². The van der Waals surface area contributed by atoms with Crippen LogP contribution in [-0.4, -0.2) is 58.0 Å². The van der Waals surface area contributed by atoms with E-state index in [1.807, 2.05) is 13.0 Å². The smallest absolute Gasteiger partial charge is 0.264 e. The Hall–Kier alpha value is -3.40. The molecule has 1 saturated heterocycles. The fourth-order valence-corrected chi connectivity index (χ4v) is 5.41. The van der Waals surface area contributed by atoms with E-state index in [0.29, 0.717) is 48.3 Å². The summed E-state index contributed by atoms with van der Waals surface area (Å²) in [6, 6.07) is 19.3. The highest BCUT2D eigenvalue weighted by atomic mass is 35.5. The van der Waals surface area contributed by atoms with Crippen LogP contribution < -0.4 is 9.62 Å². The van der Waals surface area contributed by atoms with Crippen molar-refractivity contribution < 1.29 is 22.7 Å². The molecule has 36 heavy (non-hydrogen) atoms.